The van der Waals surface area contributed by atoms with Crippen molar-refractivity contribution in [3.05, 3.63) is 30.1 Å². The van der Waals surface area contributed by atoms with E-state index < -0.39 is 5.97 Å². The minimum atomic E-state index is -0.935. The Hall–Kier alpha value is -1.88. The number of carbonyl (C=O) groups is 1. The number of carboxylic acid groups (broad SMARTS) is 1. The predicted molar refractivity (Wildman–Crippen MR) is 63.0 cm³/mol. The maximum atomic E-state index is 10.9. The zero-order chi connectivity index (χ0) is 12.3. The first-order valence-corrected chi connectivity index (χ1v) is 5.51. The molecule has 90 valence electrons. The molecule has 1 aromatic carbocycles. The zero-order valence-electron chi connectivity index (χ0n) is 9.33. The molecule has 0 bridgehead atoms. The summed E-state index contributed by atoms with van der Waals surface area (Å²) in [5, 5.41) is 17.6. The molecule has 17 heavy (non-hydrogen) atoms. The van der Waals surface area contributed by atoms with E-state index >= 15 is 0 Å². The van der Waals surface area contributed by atoms with Crippen molar-refractivity contribution in [2.24, 2.45) is 0 Å². The van der Waals surface area contributed by atoms with Crippen molar-refractivity contribution < 1.29 is 15.0 Å². The monoisotopic (exact) mass is 234 g/mol. The SMILES string of the molecule is O=C(O)c1ccc2ncn(CCCCO)c2c1. The van der Waals surface area contributed by atoms with Crippen LogP contribution in [-0.4, -0.2) is 32.3 Å². The first-order valence-electron chi connectivity index (χ1n) is 5.51. The second-order valence-electron chi connectivity index (χ2n) is 3.88. The second kappa shape index (κ2) is 4.97. The summed E-state index contributed by atoms with van der Waals surface area (Å²) in [6.45, 7) is 0.910. The zero-order valence-corrected chi connectivity index (χ0v) is 9.33. The number of fused-ring (bicyclic) bond motifs is 1. The van der Waals surface area contributed by atoms with Crippen LogP contribution in [0.15, 0.2) is 24.5 Å². The number of aliphatic hydroxyl groups is 1. The first-order chi connectivity index (χ1) is 8.22. The van der Waals surface area contributed by atoms with Gasteiger partial charge < -0.3 is 14.8 Å². The third kappa shape index (κ3) is 2.45. The molecule has 0 aliphatic rings. The predicted octanol–water partition coefficient (Wildman–Crippen LogP) is 1.51. The number of aromatic carboxylic acids is 1. The number of aromatic nitrogens is 2. The van der Waals surface area contributed by atoms with Crippen molar-refractivity contribution in [3.63, 3.8) is 0 Å². The molecule has 0 radical (unpaired) electrons. The molecule has 0 saturated heterocycles. The van der Waals surface area contributed by atoms with Gasteiger partial charge in [-0.25, -0.2) is 9.78 Å². The molecule has 1 heterocycles. The summed E-state index contributed by atoms with van der Waals surface area (Å²) in [6.07, 6.45) is 3.28. The smallest absolute Gasteiger partial charge is 0.335 e. The van der Waals surface area contributed by atoms with Gasteiger partial charge >= 0.3 is 5.97 Å². The quantitative estimate of drug-likeness (QED) is 0.769. The molecule has 2 aromatic rings. The normalized spacial score (nSPS) is 10.9. The van der Waals surface area contributed by atoms with Crippen molar-refractivity contribution in [1.82, 2.24) is 9.55 Å². The number of aliphatic hydroxyl groups excluding tert-OH is 1. The van der Waals surface area contributed by atoms with Crippen LogP contribution in [0, 0.1) is 0 Å². The second-order valence-corrected chi connectivity index (χ2v) is 3.88. The Bertz CT molecular complexity index is 534. The Kier molecular flexibility index (Phi) is 3.39. The maximum Gasteiger partial charge on any atom is 0.335 e. The molecule has 0 fully saturated rings. The fraction of sp³-hybridized carbons (Fsp3) is 0.333. The highest BCUT2D eigenvalue weighted by molar-refractivity contribution is 5.92. The lowest BCUT2D eigenvalue weighted by atomic mass is 10.2. The summed E-state index contributed by atoms with van der Waals surface area (Å²) in [7, 11) is 0. The van der Waals surface area contributed by atoms with Crippen molar-refractivity contribution in [1.29, 1.82) is 0 Å². The van der Waals surface area contributed by atoms with E-state index in [0.29, 0.717) is 0 Å². The summed E-state index contributed by atoms with van der Waals surface area (Å²) in [5.41, 5.74) is 1.88. The molecule has 5 heteroatoms. The van der Waals surface area contributed by atoms with E-state index in [9.17, 15) is 4.79 Å². The average molecular weight is 234 g/mol. The fourth-order valence-corrected chi connectivity index (χ4v) is 1.76. The van der Waals surface area contributed by atoms with Gasteiger partial charge in [-0.1, -0.05) is 0 Å². The van der Waals surface area contributed by atoms with Gasteiger partial charge in [0.25, 0.3) is 0 Å². The molecular weight excluding hydrogens is 220 g/mol. The van der Waals surface area contributed by atoms with Crippen LogP contribution in [0.1, 0.15) is 23.2 Å². The largest absolute Gasteiger partial charge is 0.478 e. The summed E-state index contributed by atoms with van der Waals surface area (Å²) in [6, 6.07) is 4.89. The lowest BCUT2D eigenvalue weighted by molar-refractivity contribution is 0.0697. The number of benzene rings is 1. The number of hydrogen-bond donors (Lipinski definition) is 2. The van der Waals surface area contributed by atoms with Crippen molar-refractivity contribution in [2.45, 2.75) is 19.4 Å². The number of aryl methyl sites for hydroxylation is 1. The van der Waals surface area contributed by atoms with Gasteiger partial charge in [0.2, 0.25) is 0 Å². The molecule has 0 unspecified atom stereocenters. The van der Waals surface area contributed by atoms with Gasteiger partial charge in [0.1, 0.15) is 0 Å². The standard InChI is InChI=1S/C12H14N2O3/c15-6-2-1-5-14-8-13-10-4-3-9(12(16)17)7-11(10)14/h3-4,7-8,15H,1-2,5-6H2,(H,16,17). The van der Waals surface area contributed by atoms with Gasteiger partial charge in [0, 0.05) is 13.2 Å². The molecule has 0 aliphatic heterocycles. The Morgan fingerprint density at radius 3 is 2.88 bits per heavy atom. The minimum Gasteiger partial charge on any atom is -0.478 e. The van der Waals surface area contributed by atoms with E-state index in [2.05, 4.69) is 4.98 Å². The van der Waals surface area contributed by atoms with Crippen LogP contribution in [0.2, 0.25) is 0 Å². The third-order valence-corrected chi connectivity index (χ3v) is 2.68. The summed E-state index contributed by atoms with van der Waals surface area (Å²) < 4.78 is 1.91. The first kappa shape index (κ1) is 11.6. The molecule has 0 spiro atoms. The fourth-order valence-electron chi connectivity index (χ4n) is 1.76. The molecule has 0 amide bonds. The number of carboxylic acids is 1. The lowest BCUT2D eigenvalue weighted by Crippen LogP contribution is -2.00. The highest BCUT2D eigenvalue weighted by Gasteiger charge is 2.07. The highest BCUT2D eigenvalue weighted by atomic mass is 16.4. The van der Waals surface area contributed by atoms with Crippen LogP contribution >= 0.6 is 0 Å². The van der Waals surface area contributed by atoms with Gasteiger partial charge in [-0.3, -0.25) is 0 Å². The Morgan fingerprint density at radius 1 is 1.35 bits per heavy atom. The van der Waals surface area contributed by atoms with E-state index in [1.54, 1.807) is 24.5 Å². The topological polar surface area (TPSA) is 75.3 Å². The van der Waals surface area contributed by atoms with Gasteiger partial charge in [0.05, 0.1) is 22.9 Å². The van der Waals surface area contributed by atoms with Gasteiger partial charge in [-0.2, -0.15) is 0 Å². The van der Waals surface area contributed by atoms with Crippen LogP contribution < -0.4 is 0 Å². The Morgan fingerprint density at radius 2 is 2.18 bits per heavy atom. The van der Waals surface area contributed by atoms with Crippen LogP contribution in [0.3, 0.4) is 0 Å². The van der Waals surface area contributed by atoms with Gasteiger partial charge in [0.15, 0.2) is 0 Å². The molecule has 0 saturated carbocycles. The van der Waals surface area contributed by atoms with Crippen LogP contribution in [-0.2, 0) is 6.54 Å². The lowest BCUT2D eigenvalue weighted by Gasteiger charge is -2.03. The van der Waals surface area contributed by atoms with Crippen LogP contribution in [0.5, 0.6) is 0 Å². The van der Waals surface area contributed by atoms with Crippen molar-refractivity contribution >= 4 is 17.0 Å². The van der Waals surface area contributed by atoms with E-state index in [-0.39, 0.29) is 12.2 Å². The van der Waals surface area contributed by atoms with E-state index in [1.165, 1.54) is 0 Å². The van der Waals surface area contributed by atoms with Crippen molar-refractivity contribution in [2.75, 3.05) is 6.61 Å². The van der Waals surface area contributed by atoms with E-state index in [0.717, 1.165) is 30.4 Å². The third-order valence-electron chi connectivity index (χ3n) is 2.68. The molecule has 0 aliphatic carbocycles. The minimum absolute atomic E-state index is 0.174. The number of rotatable bonds is 5. The number of nitrogens with zero attached hydrogens (tertiary/aromatic N) is 2. The average Bonchev–Trinajstić information content (AvgIpc) is 2.72. The van der Waals surface area contributed by atoms with Crippen LogP contribution in [0.25, 0.3) is 11.0 Å². The van der Waals surface area contributed by atoms with Gasteiger partial charge in [-0.05, 0) is 31.0 Å². The van der Waals surface area contributed by atoms with E-state index in [1.807, 2.05) is 4.57 Å². The number of imidazole rings is 1. The molecule has 1 aromatic heterocycles. The summed E-state index contributed by atoms with van der Waals surface area (Å²) >= 11 is 0. The number of hydrogen-bond acceptors (Lipinski definition) is 3. The molecule has 2 N–H and O–H groups in total. The number of unbranched alkanes of at least 4 members (excludes halogenated alkanes) is 1. The van der Waals surface area contributed by atoms with Crippen molar-refractivity contribution in [3.8, 4) is 0 Å². The summed E-state index contributed by atoms with van der Waals surface area (Å²) in [5.74, 6) is -0.935. The summed E-state index contributed by atoms with van der Waals surface area (Å²) in [4.78, 5) is 15.1. The van der Waals surface area contributed by atoms with Gasteiger partial charge in [-0.15, -0.1) is 0 Å². The highest BCUT2D eigenvalue weighted by Crippen LogP contribution is 2.15. The maximum absolute atomic E-state index is 10.9. The molecule has 5 nitrogen and oxygen atoms in total. The van der Waals surface area contributed by atoms with Crippen LogP contribution in [0.4, 0.5) is 0 Å². The Labute approximate surface area is 98.3 Å². The molecule has 0 atom stereocenters. The molecule has 2 rings (SSSR count). The Balaban J connectivity index is 2.30. The molecular formula is C12H14N2O3. The van der Waals surface area contributed by atoms with E-state index in [4.69, 9.17) is 10.2 Å².